The quantitative estimate of drug-likeness (QED) is 0.0618. The van der Waals surface area contributed by atoms with Crippen LogP contribution in [-0.2, 0) is 39.9 Å². The number of hydrogen-bond acceptors (Lipinski definition) is 10. The predicted octanol–water partition coefficient (Wildman–Crippen LogP) is -3.30. The van der Waals surface area contributed by atoms with Crippen molar-refractivity contribution < 1.29 is 33.5 Å². The van der Waals surface area contributed by atoms with E-state index >= 15 is 0 Å². The molecular weight excluding hydrogens is 650 g/mol. The number of benzene rings is 1. The Balaban J connectivity index is 2.35. The van der Waals surface area contributed by atoms with Gasteiger partial charge in [-0.25, -0.2) is 4.99 Å². The number of amides is 6. The van der Waals surface area contributed by atoms with Crippen molar-refractivity contribution in [2.24, 2.45) is 27.9 Å². The lowest BCUT2D eigenvalue weighted by molar-refractivity contribution is -0.134. The van der Waals surface area contributed by atoms with Crippen molar-refractivity contribution in [3.05, 3.63) is 35.9 Å². The van der Waals surface area contributed by atoms with Crippen molar-refractivity contribution in [2.45, 2.75) is 82.0 Å². The first-order valence-corrected chi connectivity index (χ1v) is 16.9. The average molecular weight is 704 g/mol. The van der Waals surface area contributed by atoms with Crippen LogP contribution < -0.4 is 54.8 Å². The minimum absolute atomic E-state index is 0.0202. The van der Waals surface area contributed by atoms with Crippen LogP contribution in [0.3, 0.4) is 0 Å². The monoisotopic (exact) mass is 703 g/mol. The third kappa shape index (κ3) is 16.5. The molecule has 1 saturated heterocycles. The maximum absolute atomic E-state index is 13.7. The Kier molecular flexibility index (Phi) is 19.5. The highest BCUT2D eigenvalue weighted by molar-refractivity contribution is 5.94. The summed E-state index contributed by atoms with van der Waals surface area (Å²) in [6.07, 6.45) is 2.73. The summed E-state index contributed by atoms with van der Waals surface area (Å²) in [6.45, 7) is -0.00958. The molecule has 4 atom stereocenters. The van der Waals surface area contributed by atoms with Gasteiger partial charge < -0.3 is 59.6 Å². The molecule has 1 aromatic rings. The summed E-state index contributed by atoms with van der Waals surface area (Å²) >= 11 is 0. The van der Waals surface area contributed by atoms with Gasteiger partial charge >= 0.3 is 0 Å². The second-order valence-corrected chi connectivity index (χ2v) is 11.8. The fraction of sp³-hybridized carbons (Fsp3) is 0.594. The van der Waals surface area contributed by atoms with Gasteiger partial charge in [0.05, 0.1) is 13.2 Å². The Labute approximate surface area is 292 Å². The van der Waals surface area contributed by atoms with Gasteiger partial charge in [0.25, 0.3) is 0 Å². The third-order valence-electron chi connectivity index (χ3n) is 7.68. The Hall–Kier alpha value is -4.81. The van der Waals surface area contributed by atoms with E-state index in [1.54, 1.807) is 24.3 Å². The molecule has 0 aromatic heterocycles. The van der Waals surface area contributed by atoms with Crippen LogP contribution in [0.5, 0.6) is 0 Å². The topological polar surface area (TPSA) is 300 Å². The number of aliphatic imine (C=N–C) groups is 1. The molecule has 278 valence electrons. The van der Waals surface area contributed by atoms with E-state index in [0.29, 0.717) is 38.8 Å². The molecule has 0 radical (unpaired) electrons. The summed E-state index contributed by atoms with van der Waals surface area (Å²) in [5.41, 5.74) is 23.0. The van der Waals surface area contributed by atoms with Crippen LogP contribution in [0.4, 0.5) is 0 Å². The average Bonchev–Trinajstić information content (AvgIpc) is 3.08. The highest BCUT2D eigenvalue weighted by atomic mass is 16.5. The third-order valence-corrected chi connectivity index (χ3v) is 7.68. The largest absolute Gasteiger partial charge is 0.370 e. The fourth-order valence-electron chi connectivity index (χ4n) is 5.00. The van der Waals surface area contributed by atoms with E-state index in [9.17, 15) is 28.8 Å². The van der Waals surface area contributed by atoms with Crippen LogP contribution in [-0.4, -0.2) is 105 Å². The fourth-order valence-corrected chi connectivity index (χ4v) is 5.00. The molecule has 18 nitrogen and oxygen atoms in total. The van der Waals surface area contributed by atoms with Crippen molar-refractivity contribution >= 4 is 41.4 Å². The maximum Gasteiger partial charge on any atom is 0.245 e. The Morgan fingerprint density at radius 3 is 1.96 bits per heavy atom. The SMILES string of the molecule is NCCCC[C@@H]1NC(=O)[C@H](CCCCN)NC(=O)[C@@H](Cc2ccccc2)NC(=O)CCNC(=O)CNC(=O)[C@H](N=C(N)N)CCOCNC1=O. The van der Waals surface area contributed by atoms with Crippen molar-refractivity contribution in [1.82, 2.24) is 31.9 Å². The maximum atomic E-state index is 13.7. The Bertz CT molecular complexity index is 1280. The predicted molar refractivity (Wildman–Crippen MR) is 186 cm³/mol. The van der Waals surface area contributed by atoms with Gasteiger partial charge in [-0.2, -0.15) is 0 Å². The number of carbonyl (C=O) groups excluding carboxylic acids is 6. The van der Waals surface area contributed by atoms with Crippen LogP contribution in [0.2, 0.25) is 0 Å². The molecule has 2 rings (SSSR count). The molecule has 18 heteroatoms. The molecule has 0 spiro atoms. The van der Waals surface area contributed by atoms with Crippen LogP contribution in [0.25, 0.3) is 0 Å². The highest BCUT2D eigenvalue weighted by Gasteiger charge is 2.30. The minimum Gasteiger partial charge on any atom is -0.370 e. The molecular formula is C32H53N11O7. The van der Waals surface area contributed by atoms with Gasteiger partial charge in [-0.15, -0.1) is 0 Å². The van der Waals surface area contributed by atoms with E-state index in [2.05, 4.69) is 36.9 Å². The summed E-state index contributed by atoms with van der Waals surface area (Å²) in [6, 6.07) is 4.85. The lowest BCUT2D eigenvalue weighted by atomic mass is 10.0. The molecule has 0 unspecified atom stereocenters. The minimum atomic E-state index is -1.08. The van der Waals surface area contributed by atoms with Gasteiger partial charge in [-0.05, 0) is 57.2 Å². The van der Waals surface area contributed by atoms with Crippen molar-refractivity contribution in [2.75, 3.05) is 39.5 Å². The van der Waals surface area contributed by atoms with Gasteiger partial charge in [0.2, 0.25) is 35.4 Å². The van der Waals surface area contributed by atoms with Crippen molar-refractivity contribution in [3.8, 4) is 0 Å². The summed E-state index contributed by atoms with van der Waals surface area (Å²) in [5.74, 6) is -3.80. The number of nitrogens with one attached hydrogen (secondary N) is 6. The zero-order chi connectivity index (χ0) is 36.7. The molecule has 1 aliphatic heterocycles. The van der Waals surface area contributed by atoms with Gasteiger partial charge in [-0.1, -0.05) is 30.3 Å². The van der Waals surface area contributed by atoms with Gasteiger partial charge in [0.15, 0.2) is 5.96 Å². The molecule has 1 aromatic carbocycles. The first kappa shape index (κ1) is 41.4. The molecule has 0 aliphatic carbocycles. The first-order valence-electron chi connectivity index (χ1n) is 16.9. The molecule has 1 heterocycles. The Morgan fingerprint density at radius 2 is 1.34 bits per heavy atom. The van der Waals surface area contributed by atoms with Crippen LogP contribution in [0, 0.1) is 0 Å². The number of nitrogens with zero attached hydrogens (tertiary/aromatic N) is 1. The summed E-state index contributed by atoms with van der Waals surface area (Å²) in [7, 11) is 0. The zero-order valence-electron chi connectivity index (χ0n) is 28.4. The second kappa shape index (κ2) is 23.5. The molecule has 14 N–H and O–H groups in total. The molecule has 50 heavy (non-hydrogen) atoms. The number of guanidine groups is 1. The van der Waals surface area contributed by atoms with Gasteiger partial charge in [-0.3, -0.25) is 28.8 Å². The van der Waals surface area contributed by atoms with Gasteiger partial charge in [0, 0.05) is 25.8 Å². The van der Waals surface area contributed by atoms with E-state index in [0.717, 1.165) is 5.56 Å². The molecule has 1 fully saturated rings. The molecule has 6 amide bonds. The van der Waals surface area contributed by atoms with Crippen molar-refractivity contribution in [3.63, 3.8) is 0 Å². The molecule has 0 bridgehead atoms. The van der Waals surface area contributed by atoms with E-state index in [4.69, 9.17) is 27.7 Å². The Morgan fingerprint density at radius 1 is 0.720 bits per heavy atom. The molecule has 0 saturated carbocycles. The van der Waals surface area contributed by atoms with E-state index in [-0.39, 0.29) is 57.9 Å². The lowest BCUT2D eigenvalue weighted by Crippen LogP contribution is -2.57. The number of ether oxygens (including phenoxy) is 1. The normalized spacial score (nSPS) is 22.5. The number of carbonyl (C=O) groups is 6. The second-order valence-electron chi connectivity index (χ2n) is 11.8. The number of hydrogen-bond donors (Lipinski definition) is 10. The highest BCUT2D eigenvalue weighted by Crippen LogP contribution is 2.09. The van der Waals surface area contributed by atoms with Crippen LogP contribution in [0.1, 0.15) is 56.9 Å². The van der Waals surface area contributed by atoms with E-state index in [1.165, 1.54) is 0 Å². The standard InChI is InChI=1S/C32H53N11O7/c33-14-6-4-10-22-29(47)39-20-50-17-13-24(43-32(35)36)28(46)38-19-27(45)37-16-12-26(44)40-25(18-21-8-2-1-3-9-21)31(49)42-23(30(48)41-22)11-5-7-15-34/h1-3,8-9,22-25H,4-7,10-20,33-34H2,(H,37,45)(H,38,46)(H,39,47)(H,40,44)(H,41,48)(H,42,49)(H4,35,36,43)/t22-,23-,24+,25+/m0/s1. The smallest absolute Gasteiger partial charge is 0.245 e. The number of nitrogens with two attached hydrogens (primary N) is 4. The number of rotatable bonds is 11. The summed E-state index contributed by atoms with van der Waals surface area (Å²) in [5, 5.41) is 15.8. The summed E-state index contributed by atoms with van der Waals surface area (Å²) < 4.78 is 5.50. The van der Waals surface area contributed by atoms with Gasteiger partial charge in [0.1, 0.15) is 30.9 Å². The first-order chi connectivity index (χ1) is 24.0. The van der Waals surface area contributed by atoms with Crippen LogP contribution >= 0.6 is 0 Å². The van der Waals surface area contributed by atoms with E-state index in [1.807, 2.05) is 6.07 Å². The van der Waals surface area contributed by atoms with E-state index < -0.39 is 66.2 Å². The zero-order valence-corrected chi connectivity index (χ0v) is 28.4. The van der Waals surface area contributed by atoms with Crippen molar-refractivity contribution in [1.29, 1.82) is 0 Å². The molecule has 1 aliphatic rings. The number of unbranched alkanes of at least 4 members (excludes halogenated alkanes) is 2. The van der Waals surface area contributed by atoms with Crippen LogP contribution in [0.15, 0.2) is 35.3 Å². The summed E-state index contributed by atoms with van der Waals surface area (Å²) in [4.78, 5) is 82.5. The lowest BCUT2D eigenvalue weighted by Gasteiger charge is -2.25.